The van der Waals surface area contributed by atoms with Crippen LogP contribution in [0.3, 0.4) is 0 Å². The van der Waals surface area contributed by atoms with Gasteiger partial charge in [-0.3, -0.25) is 26.2 Å². The van der Waals surface area contributed by atoms with Crippen molar-refractivity contribution in [3.8, 4) is 0 Å². The lowest BCUT2D eigenvalue weighted by Gasteiger charge is -2.53. The van der Waals surface area contributed by atoms with Crippen LogP contribution in [-0.2, 0) is 0 Å². The van der Waals surface area contributed by atoms with E-state index in [2.05, 4.69) is 139 Å². The van der Waals surface area contributed by atoms with Gasteiger partial charge in [0.2, 0.25) is 0 Å². The lowest BCUT2D eigenvalue weighted by Crippen LogP contribution is -2.77. The highest BCUT2D eigenvalue weighted by atomic mass is 15.5. The highest BCUT2D eigenvalue weighted by Gasteiger charge is 2.43. The first-order valence-corrected chi connectivity index (χ1v) is 18.1. The van der Waals surface area contributed by atoms with Crippen molar-refractivity contribution in [3.63, 3.8) is 0 Å². The largest absolute Gasteiger partial charge is 0.314 e. The van der Waals surface area contributed by atoms with Crippen LogP contribution < -0.4 is 37.2 Å². The molecule has 3 aliphatic rings. The molecule has 0 aliphatic carbocycles. The van der Waals surface area contributed by atoms with Crippen LogP contribution in [0.5, 0.6) is 0 Å². The first-order chi connectivity index (χ1) is 19.9. The zero-order chi connectivity index (χ0) is 33.2. The van der Waals surface area contributed by atoms with Gasteiger partial charge in [-0.25, -0.2) is 0 Å². The van der Waals surface area contributed by atoms with Crippen molar-refractivity contribution >= 4 is 0 Å². The summed E-state index contributed by atoms with van der Waals surface area (Å²) in [5.41, 5.74) is 0.903. The minimum absolute atomic E-state index is 0.0157. The summed E-state index contributed by atoms with van der Waals surface area (Å²) in [6, 6.07) is 1.12. The highest BCUT2D eigenvalue weighted by molar-refractivity contribution is 5.02. The van der Waals surface area contributed by atoms with Crippen LogP contribution in [0.25, 0.3) is 0 Å². The number of unbranched alkanes of at least 4 members (excludes halogenated alkanes) is 3. The number of hydrogen-bond acceptors (Lipinski definition) is 8. The van der Waals surface area contributed by atoms with Gasteiger partial charge < -0.3 is 16.0 Å². The molecule has 3 atom stereocenters. The van der Waals surface area contributed by atoms with Crippen molar-refractivity contribution in [1.29, 1.82) is 0 Å². The van der Waals surface area contributed by atoms with Crippen LogP contribution in [0.1, 0.15) is 155 Å². The van der Waals surface area contributed by atoms with Gasteiger partial charge in [0, 0.05) is 46.3 Å². The number of piperidine rings is 2. The summed E-state index contributed by atoms with van der Waals surface area (Å²) in [4.78, 5) is 2.77. The number of rotatable bonds is 13. The van der Waals surface area contributed by atoms with Crippen molar-refractivity contribution in [3.05, 3.63) is 0 Å². The van der Waals surface area contributed by atoms with Crippen molar-refractivity contribution < 1.29 is 0 Å². The Bertz CT molecular complexity index is 857. The molecular weight excluding hydrogens is 544 g/mol. The lowest BCUT2D eigenvalue weighted by atomic mass is 9.79. The van der Waals surface area contributed by atoms with Crippen molar-refractivity contribution in [2.75, 3.05) is 13.1 Å². The minimum atomic E-state index is 0.0157. The zero-order valence-electron chi connectivity index (χ0n) is 31.6. The maximum absolute atomic E-state index is 3.95. The van der Waals surface area contributed by atoms with Gasteiger partial charge in [-0.1, -0.05) is 33.6 Å². The second-order valence-corrected chi connectivity index (χ2v) is 19.4. The van der Waals surface area contributed by atoms with Crippen LogP contribution in [0.2, 0.25) is 0 Å². The average Bonchev–Trinajstić information content (AvgIpc) is 2.74. The molecule has 3 heterocycles. The molecule has 44 heavy (non-hydrogen) atoms. The quantitative estimate of drug-likeness (QED) is 0.135. The molecule has 0 saturated carbocycles. The zero-order valence-corrected chi connectivity index (χ0v) is 31.6. The van der Waals surface area contributed by atoms with E-state index in [-0.39, 0.29) is 51.9 Å². The third kappa shape index (κ3) is 13.1. The van der Waals surface area contributed by atoms with Crippen LogP contribution in [0.4, 0.5) is 0 Å². The molecule has 8 heteroatoms. The Morgan fingerprint density at radius 3 is 1.75 bits per heavy atom. The number of nitrogens with zero attached hydrogens (tertiary/aromatic N) is 1. The SMILES string of the molecule is CC1NC(NC(C)(C)CC(C)(C)C)NC(N(CCCCCCNC2CC(C)(C)NC(C)(C)C2)C2CC(C)(C)NC(C)(C)C2)N1. The summed E-state index contributed by atoms with van der Waals surface area (Å²) in [5, 5.41) is 27.1. The Balaban J connectivity index is 1.59. The summed E-state index contributed by atoms with van der Waals surface area (Å²) in [6.45, 7) is 35.0. The Labute approximate surface area is 273 Å². The third-order valence-electron chi connectivity index (χ3n) is 9.59. The molecular formula is C36H76N8. The molecule has 0 aromatic rings. The van der Waals surface area contributed by atoms with Gasteiger partial charge in [-0.2, -0.15) is 0 Å². The van der Waals surface area contributed by atoms with E-state index in [1.165, 1.54) is 38.5 Å². The fourth-order valence-electron chi connectivity index (χ4n) is 9.40. The summed E-state index contributed by atoms with van der Waals surface area (Å²) < 4.78 is 0. The summed E-state index contributed by atoms with van der Waals surface area (Å²) in [6.07, 6.45) is 11.2. The highest BCUT2D eigenvalue weighted by Crippen LogP contribution is 2.33. The molecule has 0 amide bonds. The van der Waals surface area contributed by atoms with Crippen molar-refractivity contribution in [2.45, 2.75) is 213 Å². The van der Waals surface area contributed by atoms with E-state index in [0.29, 0.717) is 12.1 Å². The van der Waals surface area contributed by atoms with E-state index < -0.39 is 0 Å². The summed E-state index contributed by atoms with van der Waals surface area (Å²) >= 11 is 0. The van der Waals surface area contributed by atoms with E-state index in [0.717, 1.165) is 32.4 Å². The molecule has 0 aromatic carbocycles. The normalized spacial score (nSPS) is 29.7. The van der Waals surface area contributed by atoms with Gasteiger partial charge >= 0.3 is 0 Å². The molecule has 3 unspecified atom stereocenters. The van der Waals surface area contributed by atoms with Crippen LogP contribution in [0, 0.1) is 5.41 Å². The van der Waals surface area contributed by atoms with E-state index in [1.807, 2.05) is 0 Å². The van der Waals surface area contributed by atoms with Gasteiger partial charge in [-0.15, -0.1) is 0 Å². The maximum atomic E-state index is 3.95. The monoisotopic (exact) mass is 621 g/mol. The maximum Gasteiger partial charge on any atom is 0.118 e. The molecule has 0 spiro atoms. The Hall–Kier alpha value is -0.320. The lowest BCUT2D eigenvalue weighted by molar-refractivity contribution is -0.0190. The summed E-state index contributed by atoms with van der Waals surface area (Å²) in [5.74, 6) is 0. The third-order valence-corrected chi connectivity index (χ3v) is 9.59. The predicted molar refractivity (Wildman–Crippen MR) is 190 cm³/mol. The van der Waals surface area contributed by atoms with E-state index in [9.17, 15) is 0 Å². The fourth-order valence-corrected chi connectivity index (χ4v) is 9.40. The van der Waals surface area contributed by atoms with Crippen molar-refractivity contribution in [2.24, 2.45) is 5.41 Å². The number of nitrogens with one attached hydrogen (secondary N) is 7. The van der Waals surface area contributed by atoms with Gasteiger partial charge in [-0.05, 0) is 133 Å². The van der Waals surface area contributed by atoms with Crippen molar-refractivity contribution in [1.82, 2.24) is 42.1 Å². The smallest absolute Gasteiger partial charge is 0.118 e. The first kappa shape index (κ1) is 38.1. The molecule has 3 rings (SSSR count). The van der Waals surface area contributed by atoms with Crippen LogP contribution in [-0.4, -0.2) is 76.5 Å². The Morgan fingerprint density at radius 1 is 0.682 bits per heavy atom. The topological polar surface area (TPSA) is 87.5 Å². The first-order valence-electron chi connectivity index (χ1n) is 18.1. The molecule has 0 radical (unpaired) electrons. The molecule has 7 N–H and O–H groups in total. The van der Waals surface area contributed by atoms with E-state index >= 15 is 0 Å². The van der Waals surface area contributed by atoms with Gasteiger partial charge in [0.05, 0.1) is 6.17 Å². The molecule has 0 bridgehead atoms. The molecule has 3 saturated heterocycles. The molecule has 3 aliphatic heterocycles. The Morgan fingerprint density at radius 2 is 1.20 bits per heavy atom. The van der Waals surface area contributed by atoms with Gasteiger partial charge in [0.15, 0.2) is 0 Å². The molecule has 8 nitrogen and oxygen atoms in total. The second kappa shape index (κ2) is 14.4. The summed E-state index contributed by atoms with van der Waals surface area (Å²) in [7, 11) is 0. The minimum Gasteiger partial charge on any atom is -0.314 e. The number of hydrogen-bond donors (Lipinski definition) is 7. The van der Waals surface area contributed by atoms with E-state index in [1.54, 1.807) is 0 Å². The molecule has 3 fully saturated rings. The fraction of sp³-hybridized carbons (Fsp3) is 1.00. The molecule has 0 aromatic heterocycles. The van der Waals surface area contributed by atoms with Gasteiger partial charge in [0.25, 0.3) is 0 Å². The Kier molecular flexibility index (Phi) is 12.5. The van der Waals surface area contributed by atoms with Gasteiger partial charge in [0.1, 0.15) is 12.6 Å². The predicted octanol–water partition coefficient (Wildman–Crippen LogP) is 5.56. The van der Waals surface area contributed by atoms with Crippen LogP contribution >= 0.6 is 0 Å². The standard InChI is InChI=1S/C36H76N8/c1-26-38-29(41-36(13,14)25-31(2,3)4)40-30(39-26)44(28-23-34(9,10)43-35(11,12)24-28)20-18-16-15-17-19-37-27-21-32(5,6)42-33(7,8)22-27/h26-30,37-43H,15-25H2,1-14H3. The second-order valence-electron chi connectivity index (χ2n) is 19.4. The van der Waals surface area contributed by atoms with E-state index in [4.69, 9.17) is 0 Å². The van der Waals surface area contributed by atoms with Crippen LogP contribution in [0.15, 0.2) is 0 Å². The molecule has 260 valence electrons. The average molecular weight is 621 g/mol.